The van der Waals surface area contributed by atoms with E-state index >= 15 is 0 Å². The zero-order chi connectivity index (χ0) is 34.8. The maximum Gasteiger partial charge on any atom is 0.307 e. The number of benzene rings is 2. The lowest BCUT2D eigenvalue weighted by atomic mass is 9.93. The molecule has 1 saturated heterocycles. The van der Waals surface area contributed by atoms with Crippen LogP contribution in [0.1, 0.15) is 40.6 Å². The molecule has 2 N–H and O–H groups in total. The van der Waals surface area contributed by atoms with E-state index in [1.54, 1.807) is 17.5 Å². The Labute approximate surface area is 291 Å². The number of fused-ring (bicyclic) bond motifs is 1. The summed E-state index contributed by atoms with van der Waals surface area (Å²) in [6, 6.07) is 14.5. The summed E-state index contributed by atoms with van der Waals surface area (Å²) in [5.41, 5.74) is 10.2. The first-order chi connectivity index (χ1) is 23.5. The highest BCUT2D eigenvalue weighted by molar-refractivity contribution is 7.15. The number of carboxylic acid groups (broad SMARTS) is 1. The fourth-order valence-corrected chi connectivity index (χ4v) is 7.91. The fraction of sp³-hybridized carbons (Fsp3) is 0.342. The van der Waals surface area contributed by atoms with Crippen LogP contribution in [-0.2, 0) is 22.7 Å². The van der Waals surface area contributed by atoms with Gasteiger partial charge in [-0.25, -0.2) is 9.97 Å². The van der Waals surface area contributed by atoms with Crippen LogP contribution in [0.15, 0.2) is 59.2 Å². The van der Waals surface area contributed by atoms with E-state index in [4.69, 9.17) is 4.98 Å². The summed E-state index contributed by atoms with van der Waals surface area (Å²) in [5.74, 6) is -0.284. The van der Waals surface area contributed by atoms with Gasteiger partial charge in [0.15, 0.2) is 5.82 Å². The number of aromatic nitrogens is 2. The number of carbonyl (C=O) groups excluding carboxylic acids is 1. The number of likely N-dealkylation sites (N-methyl/N-ethyl adjacent to an activating group) is 1. The summed E-state index contributed by atoms with van der Waals surface area (Å²) in [5, 5.41) is 13.9. The largest absolute Gasteiger partial charge is 0.481 e. The van der Waals surface area contributed by atoms with Gasteiger partial charge in [0.1, 0.15) is 10.7 Å². The third-order valence-electron chi connectivity index (χ3n) is 9.31. The van der Waals surface area contributed by atoms with Gasteiger partial charge in [-0.2, -0.15) is 0 Å². The van der Waals surface area contributed by atoms with Crippen LogP contribution in [0.3, 0.4) is 0 Å². The molecule has 0 radical (unpaired) electrons. The Morgan fingerprint density at radius 1 is 1.10 bits per heavy atom. The fourth-order valence-electron chi connectivity index (χ4n) is 6.74. The van der Waals surface area contributed by atoms with E-state index in [2.05, 4.69) is 78.0 Å². The number of hydrogen-bond acceptors (Lipinski definition) is 9. The molecule has 2 aliphatic rings. The van der Waals surface area contributed by atoms with Crippen LogP contribution >= 0.6 is 11.3 Å². The summed E-state index contributed by atoms with van der Waals surface area (Å²) in [4.78, 5) is 45.1. The molecular weight excluding hydrogens is 635 g/mol. The van der Waals surface area contributed by atoms with E-state index in [1.165, 1.54) is 0 Å². The summed E-state index contributed by atoms with van der Waals surface area (Å²) >= 11 is 1.68. The van der Waals surface area contributed by atoms with Crippen molar-refractivity contribution >= 4 is 53.2 Å². The first-order valence-corrected chi connectivity index (χ1v) is 17.3. The maximum absolute atomic E-state index is 12.6. The van der Waals surface area contributed by atoms with Crippen LogP contribution in [-0.4, -0.2) is 88.6 Å². The molecule has 0 saturated carbocycles. The predicted octanol–water partition coefficient (Wildman–Crippen LogP) is 6.78. The molecule has 4 heterocycles. The van der Waals surface area contributed by atoms with Crippen LogP contribution in [0, 0.1) is 19.8 Å². The molecule has 49 heavy (non-hydrogen) atoms. The average Bonchev–Trinajstić information content (AvgIpc) is 3.78. The monoisotopic (exact) mass is 677 g/mol. The third-order valence-corrected chi connectivity index (χ3v) is 10.4. The molecular formula is C38H43N7O3S. The number of carboxylic acids is 1. The second kappa shape index (κ2) is 14.4. The molecule has 6 rings (SSSR count). The maximum atomic E-state index is 12.6. The lowest BCUT2D eigenvalue weighted by Crippen LogP contribution is -2.34. The van der Waals surface area contributed by atoms with Gasteiger partial charge in [0.2, 0.25) is 5.91 Å². The molecule has 2 aromatic heterocycles. The summed E-state index contributed by atoms with van der Waals surface area (Å²) < 4.78 is 0. The SMILES string of the molecule is C=Nc1c(/C=C(\C)CN2CC[C@@H](C(=O)O)C2)ccnc1Nc1cccc(-c2cccc(-c3nc4c(s3)CN(C(=O)CN(C)C)C4)c2C)c1C. The van der Waals surface area contributed by atoms with Crippen LogP contribution in [0.25, 0.3) is 27.8 Å². The van der Waals surface area contributed by atoms with Gasteiger partial charge in [0.25, 0.3) is 0 Å². The van der Waals surface area contributed by atoms with Crippen molar-refractivity contribution in [1.82, 2.24) is 24.7 Å². The number of thiazole rings is 1. The standard InChI is InChI=1S/C38H43N7O3S/c1-23(18-44-16-14-27(19-44)38(47)48)17-26-13-15-40-36(35(26)39-4)41-31-12-8-10-29(25(31)3)28-9-7-11-30(24(28)2)37-42-32-20-45(21-33(32)49-37)34(46)22-43(5)6/h7-13,15,17,27H,4,14,16,18-22H2,1-3,5-6H3,(H,40,41)(H,47,48)/b23-17+/t27-/m1/s1. The second-order valence-electron chi connectivity index (χ2n) is 13.3. The smallest absolute Gasteiger partial charge is 0.307 e. The van der Waals surface area contributed by atoms with Crippen LogP contribution < -0.4 is 5.32 Å². The van der Waals surface area contributed by atoms with Crippen molar-refractivity contribution in [3.05, 3.63) is 81.5 Å². The zero-order valence-corrected chi connectivity index (χ0v) is 29.6. The Bertz CT molecular complexity index is 1930. The summed E-state index contributed by atoms with van der Waals surface area (Å²) in [6.07, 6.45) is 4.53. The molecule has 0 unspecified atom stereocenters. The van der Waals surface area contributed by atoms with Crippen molar-refractivity contribution in [3.63, 3.8) is 0 Å². The normalized spacial score (nSPS) is 16.3. The Hall–Kier alpha value is -4.71. The molecule has 4 aromatic rings. The molecule has 1 atom stereocenters. The molecule has 0 bridgehead atoms. The first-order valence-electron chi connectivity index (χ1n) is 16.5. The van der Waals surface area contributed by atoms with E-state index in [1.807, 2.05) is 42.1 Å². The average molecular weight is 678 g/mol. The van der Waals surface area contributed by atoms with Gasteiger partial charge in [0.05, 0.1) is 31.2 Å². The van der Waals surface area contributed by atoms with Gasteiger partial charge in [-0.1, -0.05) is 42.0 Å². The minimum atomic E-state index is -0.723. The Kier molecular flexibility index (Phi) is 10.0. The summed E-state index contributed by atoms with van der Waals surface area (Å²) in [6.45, 7) is 13.8. The minimum Gasteiger partial charge on any atom is -0.481 e. The Balaban J connectivity index is 1.22. The van der Waals surface area contributed by atoms with E-state index in [0.717, 1.165) is 66.8 Å². The molecule has 1 amide bonds. The number of amides is 1. The Morgan fingerprint density at radius 2 is 1.84 bits per heavy atom. The van der Waals surface area contributed by atoms with Crippen molar-refractivity contribution in [2.24, 2.45) is 10.9 Å². The first kappa shape index (κ1) is 34.2. The van der Waals surface area contributed by atoms with E-state index < -0.39 is 5.97 Å². The lowest BCUT2D eigenvalue weighted by molar-refractivity contribution is -0.141. The van der Waals surface area contributed by atoms with Crippen LogP contribution in [0.5, 0.6) is 0 Å². The highest BCUT2D eigenvalue weighted by Crippen LogP contribution is 2.40. The van der Waals surface area contributed by atoms with Gasteiger partial charge in [0, 0.05) is 41.0 Å². The lowest BCUT2D eigenvalue weighted by Gasteiger charge is -2.18. The van der Waals surface area contributed by atoms with Crippen LogP contribution in [0.4, 0.5) is 17.2 Å². The quantitative estimate of drug-likeness (QED) is 0.167. The zero-order valence-electron chi connectivity index (χ0n) is 28.8. The number of pyridine rings is 1. The van der Waals surface area contributed by atoms with E-state index in [0.29, 0.717) is 50.6 Å². The van der Waals surface area contributed by atoms with Crippen molar-refractivity contribution in [2.75, 3.05) is 45.6 Å². The number of anilines is 2. The van der Waals surface area contributed by atoms with Gasteiger partial charge in [-0.05, 0) is 88.9 Å². The van der Waals surface area contributed by atoms with Crippen LogP contribution in [0.2, 0.25) is 0 Å². The second-order valence-corrected chi connectivity index (χ2v) is 14.3. The topological polar surface area (TPSA) is 114 Å². The molecule has 0 aliphatic carbocycles. The van der Waals surface area contributed by atoms with E-state index in [-0.39, 0.29) is 11.8 Å². The highest BCUT2D eigenvalue weighted by atomic mass is 32.1. The minimum absolute atomic E-state index is 0.123. The molecule has 2 aromatic carbocycles. The van der Waals surface area contributed by atoms with E-state index in [9.17, 15) is 14.7 Å². The number of rotatable bonds is 11. The van der Waals surface area contributed by atoms with Gasteiger partial charge in [-0.3, -0.25) is 19.5 Å². The van der Waals surface area contributed by atoms with Crippen molar-refractivity contribution in [3.8, 4) is 21.7 Å². The van der Waals surface area contributed by atoms with Gasteiger partial charge in [-0.15, -0.1) is 11.3 Å². The van der Waals surface area contributed by atoms with Crippen molar-refractivity contribution < 1.29 is 14.7 Å². The third kappa shape index (κ3) is 7.34. The number of nitrogens with zero attached hydrogens (tertiary/aromatic N) is 6. The number of aliphatic imine (C=N–C) groups is 1. The number of aliphatic carboxylic acids is 1. The highest BCUT2D eigenvalue weighted by Gasteiger charge is 2.29. The molecule has 2 aliphatic heterocycles. The van der Waals surface area contributed by atoms with Crippen molar-refractivity contribution in [1.29, 1.82) is 0 Å². The molecule has 11 heteroatoms. The number of carbonyl (C=O) groups is 2. The van der Waals surface area contributed by atoms with Gasteiger partial charge < -0.3 is 20.2 Å². The van der Waals surface area contributed by atoms with Gasteiger partial charge >= 0.3 is 5.97 Å². The number of hydrogen-bond donors (Lipinski definition) is 2. The summed E-state index contributed by atoms with van der Waals surface area (Å²) in [7, 11) is 3.82. The molecule has 0 spiro atoms. The Morgan fingerprint density at radius 3 is 2.53 bits per heavy atom. The molecule has 10 nitrogen and oxygen atoms in total. The number of nitrogens with one attached hydrogen (secondary N) is 1. The molecule has 254 valence electrons. The van der Waals surface area contributed by atoms with Crippen molar-refractivity contribution in [2.45, 2.75) is 40.3 Å². The number of likely N-dealkylation sites (tertiary alicyclic amines) is 1. The molecule has 1 fully saturated rings. The predicted molar refractivity (Wildman–Crippen MR) is 198 cm³/mol.